The minimum atomic E-state index is 0.757. The Morgan fingerprint density at radius 1 is 1.30 bits per heavy atom. The topological polar surface area (TPSA) is 42.8 Å². The van der Waals surface area contributed by atoms with Crippen molar-refractivity contribution in [1.29, 1.82) is 5.26 Å². The standard InChI is InChI=1S/C17H19N3/c18-9-12-1-2-17-16(7-12)14(10-19-17)8-15-11-20-5-3-13(15)4-6-20/h1-2,7,10,13,15,19H,3-6,8,11H2. The van der Waals surface area contributed by atoms with Crippen LogP contribution in [0.5, 0.6) is 0 Å². The monoisotopic (exact) mass is 265 g/mol. The smallest absolute Gasteiger partial charge is 0.0991 e. The Hall–Kier alpha value is -1.79. The molecule has 102 valence electrons. The number of piperidine rings is 3. The van der Waals surface area contributed by atoms with Crippen LogP contribution in [0, 0.1) is 23.2 Å². The number of fused-ring (bicyclic) bond motifs is 4. The summed E-state index contributed by atoms with van der Waals surface area (Å²) in [5.74, 6) is 1.70. The van der Waals surface area contributed by atoms with E-state index in [9.17, 15) is 0 Å². The van der Waals surface area contributed by atoms with Crippen molar-refractivity contribution in [1.82, 2.24) is 9.88 Å². The van der Waals surface area contributed by atoms with Crippen LogP contribution in [0.25, 0.3) is 10.9 Å². The molecule has 0 spiro atoms. The zero-order valence-electron chi connectivity index (χ0n) is 11.6. The van der Waals surface area contributed by atoms with Crippen LogP contribution in [0.15, 0.2) is 24.4 Å². The zero-order valence-corrected chi connectivity index (χ0v) is 11.6. The fourth-order valence-corrected chi connectivity index (χ4v) is 4.02. The molecule has 4 heterocycles. The Morgan fingerprint density at radius 2 is 2.15 bits per heavy atom. The van der Waals surface area contributed by atoms with Crippen LogP contribution in [0.4, 0.5) is 0 Å². The number of benzene rings is 1. The van der Waals surface area contributed by atoms with Crippen LogP contribution in [-0.4, -0.2) is 29.5 Å². The second-order valence-corrected chi connectivity index (χ2v) is 6.29. The molecule has 3 fully saturated rings. The molecule has 0 aliphatic carbocycles. The van der Waals surface area contributed by atoms with Crippen molar-refractivity contribution in [2.24, 2.45) is 11.8 Å². The van der Waals surface area contributed by atoms with Gasteiger partial charge in [0.05, 0.1) is 11.6 Å². The summed E-state index contributed by atoms with van der Waals surface area (Å²) in [6, 6.07) is 8.18. The average Bonchev–Trinajstić information content (AvgIpc) is 2.91. The maximum atomic E-state index is 9.07. The summed E-state index contributed by atoms with van der Waals surface area (Å²) in [5, 5.41) is 10.3. The molecule has 0 saturated carbocycles. The van der Waals surface area contributed by atoms with Gasteiger partial charge in [0, 0.05) is 23.6 Å². The number of nitrogens with one attached hydrogen (secondary N) is 1. The summed E-state index contributed by atoms with van der Waals surface area (Å²) in [4.78, 5) is 5.96. The largest absolute Gasteiger partial charge is 0.361 e. The van der Waals surface area contributed by atoms with Crippen LogP contribution in [0.1, 0.15) is 24.0 Å². The van der Waals surface area contributed by atoms with Crippen molar-refractivity contribution >= 4 is 10.9 Å². The summed E-state index contributed by atoms with van der Waals surface area (Å²) >= 11 is 0. The first-order chi connectivity index (χ1) is 9.83. The Morgan fingerprint density at radius 3 is 2.85 bits per heavy atom. The molecular weight excluding hydrogens is 246 g/mol. The van der Waals surface area contributed by atoms with Crippen LogP contribution >= 0.6 is 0 Å². The third-order valence-electron chi connectivity index (χ3n) is 5.17. The number of hydrogen-bond donors (Lipinski definition) is 1. The van der Waals surface area contributed by atoms with Gasteiger partial charge in [-0.25, -0.2) is 0 Å². The SMILES string of the molecule is N#Cc1ccc2[nH]cc(CC3CN4CCC3CC4)c2c1. The van der Waals surface area contributed by atoms with Crippen molar-refractivity contribution in [3.05, 3.63) is 35.5 Å². The highest BCUT2D eigenvalue weighted by Crippen LogP contribution is 2.35. The Bertz CT molecular complexity index is 671. The Balaban J connectivity index is 1.64. The summed E-state index contributed by atoms with van der Waals surface area (Å²) in [6.45, 7) is 3.86. The van der Waals surface area contributed by atoms with Crippen molar-refractivity contribution in [2.45, 2.75) is 19.3 Å². The zero-order chi connectivity index (χ0) is 13.5. The minimum Gasteiger partial charge on any atom is -0.361 e. The van der Waals surface area contributed by atoms with Crippen LogP contribution in [-0.2, 0) is 6.42 Å². The quantitative estimate of drug-likeness (QED) is 0.907. The molecular formula is C17H19N3. The first kappa shape index (κ1) is 12.0. The van der Waals surface area contributed by atoms with Crippen LogP contribution in [0.2, 0.25) is 0 Å². The number of rotatable bonds is 2. The fourth-order valence-electron chi connectivity index (χ4n) is 4.02. The lowest BCUT2D eigenvalue weighted by atomic mass is 9.76. The third kappa shape index (κ3) is 1.92. The third-order valence-corrected chi connectivity index (χ3v) is 5.17. The summed E-state index contributed by atoms with van der Waals surface area (Å²) in [6.07, 6.45) is 6.03. The van der Waals surface area contributed by atoms with E-state index in [1.807, 2.05) is 18.2 Å². The first-order valence-electron chi connectivity index (χ1n) is 7.56. The van der Waals surface area contributed by atoms with Gasteiger partial charge in [-0.15, -0.1) is 0 Å². The molecule has 20 heavy (non-hydrogen) atoms. The van der Waals surface area contributed by atoms with E-state index < -0.39 is 0 Å². The summed E-state index contributed by atoms with van der Waals surface area (Å²) < 4.78 is 0. The predicted molar refractivity (Wildman–Crippen MR) is 79.4 cm³/mol. The molecule has 3 aliphatic heterocycles. The molecule has 1 atom stereocenters. The van der Waals surface area contributed by atoms with E-state index in [0.29, 0.717) is 0 Å². The number of nitrogens with zero attached hydrogens (tertiary/aromatic N) is 2. The summed E-state index contributed by atoms with van der Waals surface area (Å²) in [5.41, 5.74) is 3.29. The second kappa shape index (κ2) is 4.64. The van der Waals surface area contributed by atoms with E-state index in [0.717, 1.165) is 29.3 Å². The lowest BCUT2D eigenvalue weighted by Gasteiger charge is -2.45. The lowest BCUT2D eigenvalue weighted by Crippen LogP contribution is -2.48. The number of aromatic nitrogens is 1. The molecule has 3 heteroatoms. The maximum absolute atomic E-state index is 9.07. The molecule has 1 N–H and O–H groups in total. The molecule has 0 amide bonds. The highest BCUT2D eigenvalue weighted by molar-refractivity contribution is 5.84. The fraction of sp³-hybridized carbons (Fsp3) is 0.471. The number of H-pyrrole nitrogens is 1. The van der Waals surface area contributed by atoms with Gasteiger partial charge in [0.25, 0.3) is 0 Å². The first-order valence-corrected chi connectivity index (χ1v) is 7.56. The van der Waals surface area contributed by atoms with E-state index >= 15 is 0 Å². The van der Waals surface area contributed by atoms with E-state index in [-0.39, 0.29) is 0 Å². The molecule has 3 nitrogen and oxygen atoms in total. The highest BCUT2D eigenvalue weighted by atomic mass is 15.1. The average molecular weight is 265 g/mol. The molecule has 1 unspecified atom stereocenters. The predicted octanol–water partition coefficient (Wildman–Crippen LogP) is 2.92. The number of hydrogen-bond acceptors (Lipinski definition) is 2. The molecule has 3 aliphatic rings. The number of aromatic amines is 1. The van der Waals surface area contributed by atoms with E-state index in [1.165, 1.54) is 43.4 Å². The summed E-state index contributed by atoms with van der Waals surface area (Å²) in [7, 11) is 0. The van der Waals surface area contributed by atoms with E-state index in [1.54, 1.807) is 0 Å². The Kier molecular flexibility index (Phi) is 2.78. The van der Waals surface area contributed by atoms with Gasteiger partial charge >= 0.3 is 0 Å². The maximum Gasteiger partial charge on any atom is 0.0991 e. The van der Waals surface area contributed by atoms with Gasteiger partial charge in [0.1, 0.15) is 0 Å². The molecule has 3 saturated heterocycles. The highest BCUT2D eigenvalue weighted by Gasteiger charge is 2.34. The van der Waals surface area contributed by atoms with Gasteiger partial charge in [-0.1, -0.05) is 0 Å². The molecule has 2 aromatic rings. The van der Waals surface area contributed by atoms with Crippen molar-refractivity contribution < 1.29 is 0 Å². The molecule has 5 rings (SSSR count). The lowest BCUT2D eigenvalue weighted by molar-refractivity contribution is 0.0514. The van der Waals surface area contributed by atoms with Gasteiger partial charge in [-0.3, -0.25) is 0 Å². The van der Waals surface area contributed by atoms with E-state index in [2.05, 4.69) is 22.1 Å². The normalized spacial score (nSPS) is 28.6. The van der Waals surface area contributed by atoms with Crippen molar-refractivity contribution in [3.63, 3.8) is 0 Å². The van der Waals surface area contributed by atoms with Crippen molar-refractivity contribution in [2.75, 3.05) is 19.6 Å². The van der Waals surface area contributed by atoms with Gasteiger partial charge in [-0.05, 0) is 68.0 Å². The number of nitriles is 1. The van der Waals surface area contributed by atoms with Gasteiger partial charge < -0.3 is 9.88 Å². The van der Waals surface area contributed by atoms with E-state index in [4.69, 9.17) is 5.26 Å². The van der Waals surface area contributed by atoms with Crippen LogP contribution < -0.4 is 0 Å². The molecule has 0 radical (unpaired) electrons. The molecule has 1 aromatic heterocycles. The van der Waals surface area contributed by atoms with Gasteiger partial charge in [-0.2, -0.15) is 5.26 Å². The van der Waals surface area contributed by atoms with Crippen LogP contribution in [0.3, 0.4) is 0 Å². The molecule has 2 bridgehead atoms. The van der Waals surface area contributed by atoms with Crippen molar-refractivity contribution in [3.8, 4) is 6.07 Å². The Labute approximate surface area is 119 Å². The van der Waals surface area contributed by atoms with Gasteiger partial charge in [0.2, 0.25) is 0 Å². The minimum absolute atomic E-state index is 0.757. The second-order valence-electron chi connectivity index (χ2n) is 6.29. The van der Waals surface area contributed by atoms with Gasteiger partial charge in [0.15, 0.2) is 0 Å². The molecule has 1 aromatic carbocycles.